The first-order valence-electron chi connectivity index (χ1n) is 22.6. The topological polar surface area (TPSA) is 268 Å². The standard InChI is InChI=1S/C16H22O6S.C13H22N2O3.C9H16O4.C6H14O4.C4H8N2/c1-3-8-19-9-10-20-11-12-21-13-14-22-23(17,18)16-6-4-15(2)5-7-16;1-3-8-16-10-12-18-13-11-17-9-7-15(2)6-4-5-14;1-2-4-11-6-8-13-9-7-12-5-3-10;7-1-3-9-5-6-10-4-2-8;1-6-4-2-3-5/h1,4-7H,8-14H2,2H3;1H,4,6-13H2,2H3;1,10H,3-9H2;7-8H,1-6H2;6H,2,4H2,1H3. The number of hydrogen-bond donors (Lipinski definition) is 4. The number of aliphatic hydroxyl groups excluding tert-OH is 3. The van der Waals surface area contributed by atoms with Crippen LogP contribution in [0.2, 0.25) is 0 Å². The van der Waals surface area contributed by atoms with Crippen LogP contribution in [-0.2, 0) is 66.4 Å². The zero-order chi connectivity index (χ0) is 52.7. The maximum absolute atomic E-state index is 11.9. The zero-order valence-corrected chi connectivity index (χ0v) is 42.6. The first kappa shape index (κ1) is 72.7. The van der Waals surface area contributed by atoms with Crippen molar-refractivity contribution in [1.29, 1.82) is 10.5 Å². The summed E-state index contributed by atoms with van der Waals surface area (Å²) < 4.78 is 84.6. The number of aliphatic hydroxyl groups is 3. The minimum Gasteiger partial charge on any atom is -0.394 e. The fourth-order valence-electron chi connectivity index (χ4n) is 3.96. The van der Waals surface area contributed by atoms with Crippen LogP contribution < -0.4 is 5.32 Å². The van der Waals surface area contributed by atoms with Crippen molar-refractivity contribution in [3.63, 3.8) is 0 Å². The van der Waals surface area contributed by atoms with Crippen molar-refractivity contribution in [1.82, 2.24) is 10.2 Å². The molecule has 0 radical (unpaired) electrons. The Balaban J connectivity index is -0.000000414. The molecule has 0 unspecified atom stereocenters. The highest BCUT2D eigenvalue weighted by Crippen LogP contribution is 2.13. The van der Waals surface area contributed by atoms with E-state index in [1.807, 2.05) is 27.1 Å². The van der Waals surface area contributed by atoms with Gasteiger partial charge in [-0.2, -0.15) is 18.9 Å². The summed E-state index contributed by atoms with van der Waals surface area (Å²) in [6, 6.07) is 10.6. The molecule has 0 heterocycles. The summed E-state index contributed by atoms with van der Waals surface area (Å²) in [5, 5.41) is 44.1. The van der Waals surface area contributed by atoms with Gasteiger partial charge in [0.2, 0.25) is 0 Å². The molecule has 1 aromatic carbocycles. The molecule has 0 aliphatic rings. The van der Waals surface area contributed by atoms with Crippen LogP contribution in [0.3, 0.4) is 0 Å². The zero-order valence-electron chi connectivity index (χ0n) is 41.8. The molecule has 22 heteroatoms. The van der Waals surface area contributed by atoms with Gasteiger partial charge in [0.25, 0.3) is 10.1 Å². The second-order valence-corrected chi connectivity index (χ2v) is 14.8. The normalized spacial score (nSPS) is 10.3. The number of hydrogen-bond acceptors (Lipinski definition) is 21. The van der Waals surface area contributed by atoms with Crippen LogP contribution in [0.5, 0.6) is 0 Å². The largest absolute Gasteiger partial charge is 0.394 e. The summed E-state index contributed by atoms with van der Waals surface area (Å²) in [5.41, 5.74) is 0.983. The lowest BCUT2D eigenvalue weighted by Gasteiger charge is -2.14. The molecule has 0 aliphatic carbocycles. The Kier molecular flexibility index (Phi) is 67.7. The van der Waals surface area contributed by atoms with Crippen LogP contribution in [0.1, 0.15) is 18.4 Å². The van der Waals surface area contributed by atoms with Crippen LogP contribution in [0.4, 0.5) is 0 Å². The van der Waals surface area contributed by atoms with Gasteiger partial charge in [-0.05, 0) is 33.2 Å². The number of likely N-dealkylation sites (N-methyl/N-ethyl adjacent to an activating group) is 1. The Bertz CT molecular complexity index is 1520. The minimum atomic E-state index is -3.73. The molecule has 0 spiro atoms. The quantitative estimate of drug-likeness (QED) is 0.0399. The van der Waals surface area contributed by atoms with Gasteiger partial charge >= 0.3 is 0 Å². The Labute approximate surface area is 418 Å². The highest BCUT2D eigenvalue weighted by atomic mass is 32.2. The lowest BCUT2D eigenvalue weighted by molar-refractivity contribution is 0.0123. The smallest absolute Gasteiger partial charge is 0.297 e. The molecule has 70 heavy (non-hydrogen) atoms. The highest BCUT2D eigenvalue weighted by Gasteiger charge is 2.14. The number of ether oxygens (including phenoxy) is 11. The summed E-state index contributed by atoms with van der Waals surface area (Å²) in [7, 11) is 0.0717. The van der Waals surface area contributed by atoms with Gasteiger partial charge in [0.05, 0.1) is 169 Å². The lowest BCUT2D eigenvalue weighted by atomic mass is 10.2. The molecule has 0 bridgehead atoms. The van der Waals surface area contributed by atoms with E-state index < -0.39 is 10.1 Å². The van der Waals surface area contributed by atoms with Crippen LogP contribution >= 0.6 is 0 Å². The molecule has 4 N–H and O–H groups in total. The molecular formula is C48H82N4O17S. The van der Waals surface area contributed by atoms with Gasteiger partial charge in [0.1, 0.15) is 19.8 Å². The average molecular weight is 1020 g/mol. The second kappa shape index (κ2) is 65.1. The molecule has 21 nitrogen and oxygen atoms in total. The van der Waals surface area contributed by atoms with Crippen molar-refractivity contribution < 1.29 is 80.0 Å². The maximum Gasteiger partial charge on any atom is 0.297 e. The van der Waals surface area contributed by atoms with E-state index in [-0.39, 0.29) is 44.5 Å². The van der Waals surface area contributed by atoms with Gasteiger partial charge in [-0.15, -0.1) is 19.3 Å². The summed E-state index contributed by atoms with van der Waals surface area (Å²) in [6.45, 7) is 13.9. The SMILES string of the molecule is C#CCOCCOCCOCCN(C)CCC#N.C#CCOCCOCCOCCO.C#CCOCCOCCOCCOS(=O)(=O)c1ccc(C)cc1.CNCCC#N.OCCOCCOCCO. The van der Waals surface area contributed by atoms with Gasteiger partial charge in [0, 0.05) is 32.5 Å². The van der Waals surface area contributed by atoms with Crippen molar-refractivity contribution in [3.8, 4) is 49.2 Å². The van der Waals surface area contributed by atoms with E-state index in [2.05, 4.69) is 34.0 Å². The Hall–Kier alpha value is -3.85. The highest BCUT2D eigenvalue weighted by molar-refractivity contribution is 7.86. The first-order valence-corrected chi connectivity index (χ1v) is 24.0. The molecule has 1 aromatic rings. The maximum atomic E-state index is 11.9. The third kappa shape index (κ3) is 66.2. The fourth-order valence-corrected chi connectivity index (χ4v) is 4.85. The number of nitrogens with zero attached hydrogens (tertiary/aromatic N) is 3. The molecule has 0 amide bonds. The monoisotopic (exact) mass is 1020 g/mol. The Morgan fingerprint density at radius 2 is 0.843 bits per heavy atom. The van der Waals surface area contributed by atoms with E-state index in [1.54, 1.807) is 12.1 Å². The van der Waals surface area contributed by atoms with Gasteiger partial charge in [-0.25, -0.2) is 0 Å². The molecule has 0 saturated carbocycles. The number of aryl methyl sites for hydroxylation is 1. The van der Waals surface area contributed by atoms with Crippen molar-refractivity contribution in [2.24, 2.45) is 0 Å². The summed E-state index contributed by atoms with van der Waals surface area (Å²) in [5.74, 6) is 7.09. The molecule has 0 aromatic heterocycles. The van der Waals surface area contributed by atoms with Crippen LogP contribution in [0, 0.1) is 66.6 Å². The molecule has 0 aliphatic heterocycles. The molecule has 0 atom stereocenters. The minimum absolute atomic E-state index is 0.0402. The van der Waals surface area contributed by atoms with Gasteiger partial charge in [0.15, 0.2) is 0 Å². The predicted octanol–water partition coefficient (Wildman–Crippen LogP) is 0.684. The van der Waals surface area contributed by atoms with Gasteiger partial charge < -0.3 is 77.6 Å². The Morgan fingerprint density at radius 1 is 0.514 bits per heavy atom. The molecule has 402 valence electrons. The summed E-state index contributed by atoms with van der Waals surface area (Å²) in [6.07, 6.45) is 16.2. The molecular weight excluding hydrogens is 937 g/mol. The molecule has 0 fully saturated rings. The van der Waals surface area contributed by atoms with E-state index in [9.17, 15) is 8.42 Å². The average Bonchev–Trinajstić information content (AvgIpc) is 3.36. The number of terminal acetylenes is 3. The lowest BCUT2D eigenvalue weighted by Crippen LogP contribution is -2.24. The molecule has 0 saturated heterocycles. The van der Waals surface area contributed by atoms with E-state index in [0.29, 0.717) is 145 Å². The van der Waals surface area contributed by atoms with E-state index in [4.69, 9.17) is 101 Å². The number of rotatable bonds is 42. The van der Waals surface area contributed by atoms with Crippen LogP contribution in [-0.4, -0.2) is 234 Å². The van der Waals surface area contributed by atoms with Gasteiger partial charge in [-0.3, -0.25) is 4.18 Å². The number of benzene rings is 1. The van der Waals surface area contributed by atoms with Crippen molar-refractivity contribution in [2.45, 2.75) is 24.7 Å². The summed E-state index contributed by atoms with van der Waals surface area (Å²) >= 11 is 0. The second-order valence-electron chi connectivity index (χ2n) is 13.2. The van der Waals surface area contributed by atoms with Crippen LogP contribution in [0.15, 0.2) is 29.2 Å². The Morgan fingerprint density at radius 3 is 1.16 bits per heavy atom. The van der Waals surface area contributed by atoms with Crippen molar-refractivity contribution in [2.75, 3.05) is 206 Å². The number of nitrogens with one attached hydrogen (secondary N) is 1. The molecule has 1 rings (SSSR count). The van der Waals surface area contributed by atoms with E-state index >= 15 is 0 Å². The number of nitriles is 2. The van der Waals surface area contributed by atoms with Gasteiger partial charge in [-0.1, -0.05) is 35.5 Å². The third-order valence-electron chi connectivity index (χ3n) is 7.35. The predicted molar refractivity (Wildman–Crippen MR) is 263 cm³/mol. The first-order chi connectivity index (χ1) is 34.1. The van der Waals surface area contributed by atoms with E-state index in [1.165, 1.54) is 12.1 Å². The van der Waals surface area contributed by atoms with Crippen LogP contribution in [0.25, 0.3) is 0 Å². The van der Waals surface area contributed by atoms with Crippen molar-refractivity contribution >= 4 is 10.1 Å². The fraction of sp³-hybridized carbons (Fsp3) is 0.708. The third-order valence-corrected chi connectivity index (χ3v) is 8.68. The van der Waals surface area contributed by atoms with E-state index in [0.717, 1.165) is 25.2 Å². The van der Waals surface area contributed by atoms with Crippen molar-refractivity contribution in [3.05, 3.63) is 29.8 Å². The summed E-state index contributed by atoms with van der Waals surface area (Å²) in [4.78, 5) is 2.20.